The molecule has 0 spiro atoms. The summed E-state index contributed by atoms with van der Waals surface area (Å²) in [5, 5.41) is 0. The summed E-state index contributed by atoms with van der Waals surface area (Å²) in [7, 11) is 0. The lowest BCUT2D eigenvalue weighted by Gasteiger charge is -2.05. The molecule has 16 heavy (non-hydrogen) atoms. The number of hydrogen-bond donors (Lipinski definition) is 0. The lowest BCUT2D eigenvalue weighted by molar-refractivity contribution is -0.117. The Hall–Kier alpha value is -0.670. The second-order valence-corrected chi connectivity index (χ2v) is 4.66. The zero-order chi connectivity index (χ0) is 11.8. The molecule has 1 aromatic carbocycles. The highest BCUT2D eigenvalue weighted by Crippen LogP contribution is 2.16. The zero-order valence-electron chi connectivity index (χ0n) is 9.54. The van der Waals surface area contributed by atoms with Gasteiger partial charge in [-0.3, -0.25) is 0 Å². The first-order valence-electron chi connectivity index (χ1n) is 5.50. The number of carbonyl (C=O) groups excluding carboxylic acids is 1. The molecule has 3 heteroatoms. The lowest BCUT2D eigenvalue weighted by atomic mass is 10.2. The van der Waals surface area contributed by atoms with Crippen molar-refractivity contribution in [3.05, 3.63) is 34.3 Å². The van der Waals surface area contributed by atoms with E-state index in [-0.39, 0.29) is 5.78 Å². The summed E-state index contributed by atoms with van der Waals surface area (Å²) in [4.78, 5) is 10.7. The van der Waals surface area contributed by atoms with Crippen LogP contribution in [0.5, 0.6) is 0 Å². The minimum absolute atomic E-state index is 0.255. The van der Waals surface area contributed by atoms with Crippen LogP contribution in [0, 0.1) is 0 Å². The highest BCUT2D eigenvalue weighted by molar-refractivity contribution is 9.10. The monoisotopic (exact) mass is 284 g/mol. The van der Waals surface area contributed by atoms with Gasteiger partial charge in [0.25, 0.3) is 0 Å². The number of carbonyl (C=O) groups is 1. The molecule has 0 aliphatic carbocycles. The van der Waals surface area contributed by atoms with E-state index in [0.717, 1.165) is 22.9 Å². The maximum Gasteiger partial charge on any atom is 0.129 e. The summed E-state index contributed by atoms with van der Waals surface area (Å²) in [6.07, 6.45) is 2.54. The Labute approximate surface area is 105 Å². The van der Waals surface area contributed by atoms with Crippen molar-refractivity contribution in [1.82, 2.24) is 0 Å². The van der Waals surface area contributed by atoms with Gasteiger partial charge in [-0.2, -0.15) is 0 Å². The molecule has 0 radical (unpaired) electrons. The average Bonchev–Trinajstić information content (AvgIpc) is 2.25. The number of ketones is 1. The molecule has 0 saturated heterocycles. The quantitative estimate of drug-likeness (QED) is 0.714. The second-order valence-electron chi connectivity index (χ2n) is 3.80. The van der Waals surface area contributed by atoms with Gasteiger partial charge in [0, 0.05) is 17.5 Å². The predicted molar refractivity (Wildman–Crippen MR) is 68.3 cm³/mol. The van der Waals surface area contributed by atoms with Crippen LogP contribution in [0.15, 0.2) is 28.7 Å². The first kappa shape index (κ1) is 13.4. The maximum atomic E-state index is 10.7. The third-order valence-electron chi connectivity index (χ3n) is 2.28. The predicted octanol–water partition coefficient (Wildman–Crippen LogP) is 3.73. The van der Waals surface area contributed by atoms with E-state index in [4.69, 9.17) is 4.74 Å². The molecule has 0 bridgehead atoms. The highest BCUT2D eigenvalue weighted by atomic mass is 79.9. The van der Waals surface area contributed by atoms with E-state index < -0.39 is 0 Å². The van der Waals surface area contributed by atoms with Crippen LogP contribution in [0.25, 0.3) is 0 Å². The molecular weight excluding hydrogens is 268 g/mol. The summed E-state index contributed by atoms with van der Waals surface area (Å²) in [5.74, 6) is 0.255. The molecular formula is C13H17BrO2. The summed E-state index contributed by atoms with van der Waals surface area (Å²) >= 11 is 3.47. The molecule has 0 saturated carbocycles. The largest absolute Gasteiger partial charge is 0.377 e. The smallest absolute Gasteiger partial charge is 0.129 e. The maximum absolute atomic E-state index is 10.7. The SMILES string of the molecule is CC(=O)CCCCOCc1ccccc1Br. The van der Waals surface area contributed by atoms with Crippen molar-refractivity contribution in [2.75, 3.05) is 6.61 Å². The molecule has 88 valence electrons. The molecule has 0 unspecified atom stereocenters. The van der Waals surface area contributed by atoms with E-state index in [1.165, 1.54) is 0 Å². The minimum atomic E-state index is 0.255. The fraction of sp³-hybridized carbons (Fsp3) is 0.462. The van der Waals surface area contributed by atoms with Gasteiger partial charge in [-0.15, -0.1) is 0 Å². The molecule has 0 aliphatic rings. The standard InChI is InChI=1S/C13H17BrO2/c1-11(15)6-4-5-9-16-10-12-7-2-3-8-13(12)14/h2-3,7-8H,4-6,9-10H2,1H3. The van der Waals surface area contributed by atoms with E-state index in [0.29, 0.717) is 19.6 Å². The molecule has 0 aliphatic heterocycles. The van der Waals surface area contributed by atoms with E-state index in [1.54, 1.807) is 6.92 Å². The topological polar surface area (TPSA) is 26.3 Å². The normalized spacial score (nSPS) is 10.4. The summed E-state index contributed by atoms with van der Waals surface area (Å²) in [5.41, 5.74) is 1.16. The van der Waals surface area contributed by atoms with Crippen LogP contribution in [0.3, 0.4) is 0 Å². The number of ether oxygens (including phenoxy) is 1. The molecule has 0 heterocycles. The molecule has 0 fully saturated rings. The van der Waals surface area contributed by atoms with Crippen molar-refractivity contribution in [2.24, 2.45) is 0 Å². The van der Waals surface area contributed by atoms with Crippen molar-refractivity contribution in [3.8, 4) is 0 Å². The van der Waals surface area contributed by atoms with E-state index >= 15 is 0 Å². The first-order valence-corrected chi connectivity index (χ1v) is 6.30. The average molecular weight is 285 g/mol. The highest BCUT2D eigenvalue weighted by Gasteiger charge is 1.98. The van der Waals surface area contributed by atoms with Crippen LogP contribution < -0.4 is 0 Å². The lowest BCUT2D eigenvalue weighted by Crippen LogP contribution is -1.98. The van der Waals surface area contributed by atoms with Gasteiger partial charge in [-0.05, 0) is 31.4 Å². The molecule has 1 aromatic rings. The Balaban J connectivity index is 2.12. The number of hydrogen-bond acceptors (Lipinski definition) is 2. The Kier molecular flexibility index (Phi) is 6.34. The Morgan fingerprint density at radius 3 is 2.75 bits per heavy atom. The summed E-state index contributed by atoms with van der Waals surface area (Å²) < 4.78 is 6.62. The number of unbranched alkanes of at least 4 members (excludes halogenated alkanes) is 1. The van der Waals surface area contributed by atoms with E-state index in [2.05, 4.69) is 15.9 Å². The fourth-order valence-corrected chi connectivity index (χ4v) is 1.77. The van der Waals surface area contributed by atoms with Gasteiger partial charge in [0.05, 0.1) is 6.61 Å². The van der Waals surface area contributed by atoms with E-state index in [1.807, 2.05) is 24.3 Å². The third-order valence-corrected chi connectivity index (χ3v) is 3.06. The van der Waals surface area contributed by atoms with Gasteiger partial charge < -0.3 is 9.53 Å². The van der Waals surface area contributed by atoms with Crippen LogP contribution >= 0.6 is 15.9 Å². The van der Waals surface area contributed by atoms with Gasteiger partial charge in [-0.1, -0.05) is 34.1 Å². The van der Waals surface area contributed by atoms with Crippen LogP contribution in [-0.2, 0) is 16.1 Å². The number of benzene rings is 1. The molecule has 0 aromatic heterocycles. The minimum Gasteiger partial charge on any atom is -0.377 e. The molecule has 1 rings (SSSR count). The van der Waals surface area contributed by atoms with Gasteiger partial charge in [0.1, 0.15) is 5.78 Å². The number of halogens is 1. The number of Topliss-reactive ketones (excluding diaryl/α,β-unsaturated/α-hetero) is 1. The molecule has 0 N–H and O–H groups in total. The van der Waals surface area contributed by atoms with Crippen molar-refractivity contribution in [3.63, 3.8) is 0 Å². The van der Waals surface area contributed by atoms with Gasteiger partial charge in [0.2, 0.25) is 0 Å². The molecule has 0 amide bonds. The van der Waals surface area contributed by atoms with Crippen LogP contribution in [0.4, 0.5) is 0 Å². The number of rotatable bonds is 7. The molecule has 2 nitrogen and oxygen atoms in total. The fourth-order valence-electron chi connectivity index (χ4n) is 1.38. The zero-order valence-corrected chi connectivity index (χ0v) is 11.1. The first-order chi connectivity index (χ1) is 7.70. The van der Waals surface area contributed by atoms with Gasteiger partial charge in [0.15, 0.2) is 0 Å². The Bertz CT molecular complexity index is 336. The summed E-state index contributed by atoms with van der Waals surface area (Å²) in [6, 6.07) is 8.04. The van der Waals surface area contributed by atoms with Crippen LogP contribution in [-0.4, -0.2) is 12.4 Å². The van der Waals surface area contributed by atoms with Crippen molar-refractivity contribution >= 4 is 21.7 Å². The molecule has 0 atom stereocenters. The van der Waals surface area contributed by atoms with Gasteiger partial charge in [-0.25, -0.2) is 0 Å². The van der Waals surface area contributed by atoms with E-state index in [9.17, 15) is 4.79 Å². The van der Waals surface area contributed by atoms with Crippen LogP contribution in [0.2, 0.25) is 0 Å². The van der Waals surface area contributed by atoms with Gasteiger partial charge >= 0.3 is 0 Å². The second kappa shape index (κ2) is 7.58. The van der Waals surface area contributed by atoms with Crippen molar-refractivity contribution in [1.29, 1.82) is 0 Å². The Morgan fingerprint density at radius 1 is 1.31 bits per heavy atom. The van der Waals surface area contributed by atoms with Crippen molar-refractivity contribution < 1.29 is 9.53 Å². The summed E-state index contributed by atoms with van der Waals surface area (Å²) in [6.45, 7) is 2.97. The van der Waals surface area contributed by atoms with Crippen molar-refractivity contribution in [2.45, 2.75) is 32.8 Å². The Morgan fingerprint density at radius 2 is 2.06 bits per heavy atom. The van der Waals surface area contributed by atoms with Crippen LogP contribution in [0.1, 0.15) is 31.7 Å². The third kappa shape index (κ3) is 5.42.